The third-order valence-corrected chi connectivity index (χ3v) is 11.7. The Morgan fingerprint density at radius 3 is 1.63 bits per heavy atom. The fourth-order valence-corrected chi connectivity index (χ4v) is 9.59. The van der Waals surface area contributed by atoms with E-state index in [1.165, 1.54) is 20.8 Å². The van der Waals surface area contributed by atoms with Gasteiger partial charge in [-0.25, -0.2) is 0 Å². The van der Waals surface area contributed by atoms with Crippen molar-refractivity contribution in [2.24, 2.45) is 10.8 Å². The number of anilines is 3. The van der Waals surface area contributed by atoms with E-state index in [4.69, 9.17) is 32.7 Å². The number of ether oxygens (including phenoxy) is 2. The van der Waals surface area contributed by atoms with E-state index in [1.807, 2.05) is 30.3 Å². The molecule has 0 aromatic heterocycles. The summed E-state index contributed by atoms with van der Waals surface area (Å²) < 4.78 is 11.2. The molecule has 9 rings (SSSR count). The van der Waals surface area contributed by atoms with Crippen LogP contribution in [0.2, 0.25) is 0 Å². The van der Waals surface area contributed by atoms with Gasteiger partial charge in [0.2, 0.25) is 17.7 Å². The molecule has 3 fully saturated rings. The van der Waals surface area contributed by atoms with Crippen LogP contribution in [0.25, 0.3) is 21.5 Å². The van der Waals surface area contributed by atoms with Crippen LogP contribution >= 0.6 is 23.2 Å². The molecule has 262 valence electrons. The molecule has 2 heterocycles. The molecule has 3 aliphatic carbocycles. The first-order valence-corrected chi connectivity index (χ1v) is 18.0. The summed E-state index contributed by atoms with van der Waals surface area (Å²) in [6.45, 7) is 4.83. The highest BCUT2D eigenvalue weighted by molar-refractivity contribution is 6.20. The molecule has 4 aromatic carbocycles. The quantitative estimate of drug-likeness (QED) is 0.123. The van der Waals surface area contributed by atoms with Crippen molar-refractivity contribution in [1.82, 2.24) is 0 Å². The Kier molecular flexibility index (Phi) is 7.84. The minimum Gasteiger partial charge on any atom is -0.426 e. The molecule has 0 radical (unpaired) electrons. The second-order valence-corrected chi connectivity index (χ2v) is 15.0. The van der Waals surface area contributed by atoms with Crippen LogP contribution in [-0.2, 0) is 24.0 Å². The molecule has 4 aromatic rings. The zero-order valence-corrected chi connectivity index (χ0v) is 29.8. The highest BCUT2D eigenvalue weighted by Crippen LogP contribution is 2.75. The molecular formula is C39H35Cl2N3O7. The van der Waals surface area contributed by atoms with Crippen LogP contribution in [0.4, 0.5) is 17.1 Å². The van der Waals surface area contributed by atoms with Crippen LogP contribution in [0.5, 0.6) is 11.5 Å². The van der Waals surface area contributed by atoms with E-state index in [9.17, 15) is 24.0 Å². The lowest BCUT2D eigenvalue weighted by atomic mass is 9.34. The fraction of sp³-hybridized carbons (Fsp3) is 0.359. The number of carbonyl (C=O) groups is 5. The maximum absolute atomic E-state index is 14.5. The number of benzene rings is 4. The molecular weight excluding hydrogens is 693 g/mol. The Balaban J connectivity index is 1.10. The van der Waals surface area contributed by atoms with Crippen molar-refractivity contribution in [2.75, 3.05) is 40.0 Å². The molecule has 2 aliphatic heterocycles. The van der Waals surface area contributed by atoms with Gasteiger partial charge in [-0.3, -0.25) is 24.0 Å². The standard InChI is InChI=1S/C39H35Cl2N3O7/c1-20(45)42-25-8-9-27-29(10-25)35-24(14-41)16-44(31(35)12-33(27)51-22(3)47)37(49)39-17-38(18-39,19-39)36(48)43-15-23(13-40)34-28-7-5-4-6-26(28)32(11-30(34)43)50-21(2)46/h4-12,23-24H,13-19H2,1-3H3,(H,42,45). The van der Waals surface area contributed by atoms with Crippen molar-refractivity contribution in [3.63, 3.8) is 0 Å². The largest absolute Gasteiger partial charge is 0.426 e. The predicted molar refractivity (Wildman–Crippen MR) is 195 cm³/mol. The molecule has 1 N–H and O–H groups in total. The van der Waals surface area contributed by atoms with Crippen molar-refractivity contribution in [3.8, 4) is 11.5 Å². The van der Waals surface area contributed by atoms with Gasteiger partial charge in [0.15, 0.2) is 0 Å². The number of hydrogen-bond acceptors (Lipinski definition) is 7. The Morgan fingerprint density at radius 1 is 0.686 bits per heavy atom. The molecule has 12 heteroatoms. The molecule has 51 heavy (non-hydrogen) atoms. The van der Waals surface area contributed by atoms with Crippen molar-refractivity contribution in [1.29, 1.82) is 0 Å². The number of halogens is 2. The second-order valence-electron chi connectivity index (χ2n) is 14.4. The first kappa shape index (κ1) is 33.5. The highest BCUT2D eigenvalue weighted by atomic mass is 35.5. The Hall–Kier alpha value is -4.67. The first-order chi connectivity index (χ1) is 24.4. The second kappa shape index (κ2) is 12.0. The van der Waals surface area contributed by atoms with Crippen molar-refractivity contribution in [3.05, 3.63) is 65.7 Å². The Morgan fingerprint density at radius 2 is 1.16 bits per heavy atom. The number of amides is 3. The van der Waals surface area contributed by atoms with Crippen LogP contribution in [0.15, 0.2) is 54.6 Å². The fourth-order valence-electron chi connectivity index (χ4n) is 9.09. The van der Waals surface area contributed by atoms with E-state index < -0.39 is 22.8 Å². The van der Waals surface area contributed by atoms with Gasteiger partial charge >= 0.3 is 11.9 Å². The van der Waals surface area contributed by atoms with Gasteiger partial charge in [0.1, 0.15) is 11.5 Å². The lowest BCUT2D eigenvalue weighted by molar-refractivity contribution is -0.205. The minimum absolute atomic E-state index is 0.0517. The number of carbonyl (C=O) groups excluding carboxylic acids is 5. The van der Waals surface area contributed by atoms with E-state index in [0.717, 1.165) is 27.3 Å². The Bertz CT molecular complexity index is 2220. The molecule has 0 saturated heterocycles. The summed E-state index contributed by atoms with van der Waals surface area (Å²) in [5, 5.41) is 5.89. The summed E-state index contributed by atoms with van der Waals surface area (Å²) in [4.78, 5) is 68.4. The lowest BCUT2D eigenvalue weighted by Crippen LogP contribution is -2.73. The average molecular weight is 729 g/mol. The molecule has 5 aliphatic rings. The van der Waals surface area contributed by atoms with E-state index in [0.29, 0.717) is 72.2 Å². The number of rotatable bonds is 7. The molecule has 3 amide bonds. The maximum Gasteiger partial charge on any atom is 0.308 e. The summed E-state index contributed by atoms with van der Waals surface area (Å²) in [5.74, 6) is -0.362. The smallest absolute Gasteiger partial charge is 0.308 e. The predicted octanol–water partition coefficient (Wildman–Crippen LogP) is 7.01. The molecule has 3 saturated carbocycles. The van der Waals surface area contributed by atoms with Crippen molar-refractivity contribution in [2.45, 2.75) is 51.9 Å². The van der Waals surface area contributed by atoms with Gasteiger partial charge < -0.3 is 24.6 Å². The zero-order valence-electron chi connectivity index (χ0n) is 28.3. The molecule has 2 atom stereocenters. The number of nitrogens with one attached hydrogen (secondary N) is 1. The molecule has 2 unspecified atom stereocenters. The lowest BCUT2D eigenvalue weighted by Gasteiger charge is -2.69. The summed E-state index contributed by atoms with van der Waals surface area (Å²) in [5.41, 5.74) is 2.29. The summed E-state index contributed by atoms with van der Waals surface area (Å²) in [6, 6.07) is 16.5. The normalized spacial score (nSPS) is 24.0. The highest BCUT2D eigenvalue weighted by Gasteiger charge is 2.76. The van der Waals surface area contributed by atoms with Crippen LogP contribution in [-0.4, -0.2) is 54.5 Å². The SMILES string of the molecule is CC(=O)Nc1ccc2c(OC(C)=O)cc3c(c2c1)C(CCl)CN3C(=O)C12CC(C(=O)N3CC(CCl)c4c3cc(OC(C)=O)c3ccccc43)(C1)C2. The number of esters is 2. The van der Waals surface area contributed by atoms with E-state index in [1.54, 1.807) is 34.1 Å². The van der Waals surface area contributed by atoms with Gasteiger partial charge in [0.25, 0.3) is 0 Å². The van der Waals surface area contributed by atoms with Gasteiger partial charge in [-0.2, -0.15) is 0 Å². The van der Waals surface area contributed by atoms with Crippen LogP contribution < -0.4 is 24.6 Å². The topological polar surface area (TPSA) is 122 Å². The third kappa shape index (κ3) is 5.09. The van der Waals surface area contributed by atoms with Gasteiger partial charge in [-0.1, -0.05) is 24.3 Å². The number of alkyl halides is 2. The van der Waals surface area contributed by atoms with Gasteiger partial charge in [-0.05, 0) is 59.4 Å². The van der Waals surface area contributed by atoms with Crippen LogP contribution in [0, 0.1) is 10.8 Å². The van der Waals surface area contributed by atoms with Crippen molar-refractivity contribution < 1.29 is 33.4 Å². The average Bonchev–Trinajstić information content (AvgIpc) is 3.61. The molecule has 10 nitrogen and oxygen atoms in total. The third-order valence-electron chi connectivity index (χ3n) is 11.0. The monoisotopic (exact) mass is 727 g/mol. The summed E-state index contributed by atoms with van der Waals surface area (Å²) in [7, 11) is 0. The van der Waals surface area contributed by atoms with E-state index >= 15 is 0 Å². The molecule has 0 spiro atoms. The Labute approximate surface area is 303 Å². The van der Waals surface area contributed by atoms with E-state index in [-0.39, 0.29) is 35.4 Å². The first-order valence-electron chi connectivity index (χ1n) is 17.0. The molecule has 2 bridgehead atoms. The number of fused-ring (bicyclic) bond motifs is 6. The van der Waals surface area contributed by atoms with Crippen LogP contribution in [0.3, 0.4) is 0 Å². The summed E-state index contributed by atoms with van der Waals surface area (Å²) in [6.07, 6.45) is 1.23. The van der Waals surface area contributed by atoms with Gasteiger partial charge in [0, 0.05) is 86.0 Å². The van der Waals surface area contributed by atoms with E-state index in [2.05, 4.69) is 5.32 Å². The van der Waals surface area contributed by atoms with Gasteiger partial charge in [-0.15, -0.1) is 23.2 Å². The van der Waals surface area contributed by atoms with Crippen molar-refractivity contribution >= 4 is 91.5 Å². The summed E-state index contributed by atoms with van der Waals surface area (Å²) >= 11 is 13.0. The maximum atomic E-state index is 14.5. The van der Waals surface area contributed by atoms with Crippen LogP contribution in [0.1, 0.15) is 63.0 Å². The van der Waals surface area contributed by atoms with Gasteiger partial charge in [0.05, 0.1) is 22.2 Å². The zero-order chi connectivity index (χ0) is 36.0. The number of hydrogen-bond donors (Lipinski definition) is 1. The number of nitrogens with zero attached hydrogens (tertiary/aromatic N) is 2. The minimum atomic E-state index is -0.705.